The van der Waals surface area contributed by atoms with Gasteiger partial charge in [-0.2, -0.15) is 0 Å². The number of carbonyl (C=O) groups excluding carboxylic acids is 1. The fourth-order valence-corrected chi connectivity index (χ4v) is 4.85. The van der Waals surface area contributed by atoms with Crippen LogP contribution in [0.1, 0.15) is 44.2 Å². The quantitative estimate of drug-likeness (QED) is 0.371. The highest BCUT2D eigenvalue weighted by Gasteiger charge is 2.55. The van der Waals surface area contributed by atoms with Crippen molar-refractivity contribution in [2.75, 3.05) is 26.7 Å². The van der Waals surface area contributed by atoms with Gasteiger partial charge >= 0.3 is 6.09 Å². The van der Waals surface area contributed by atoms with Crippen molar-refractivity contribution in [2.45, 2.75) is 51.2 Å². The summed E-state index contributed by atoms with van der Waals surface area (Å²) < 4.78 is 5.37. The Kier molecular flexibility index (Phi) is 6.65. The largest absolute Gasteiger partial charge is 0.444 e. The zero-order chi connectivity index (χ0) is 19.9. The molecule has 6 nitrogen and oxygen atoms in total. The molecule has 1 heterocycles. The third-order valence-electron chi connectivity index (χ3n) is 6.12. The number of halogens is 1. The topological polar surface area (TPSA) is 66.0 Å². The maximum atomic E-state index is 12.0. The van der Waals surface area contributed by atoms with E-state index in [1.54, 1.807) is 5.56 Å². The van der Waals surface area contributed by atoms with Crippen molar-refractivity contribution in [3.8, 4) is 0 Å². The van der Waals surface area contributed by atoms with Crippen LogP contribution in [0, 0.1) is 11.8 Å². The third kappa shape index (κ3) is 4.98. The number of likely N-dealkylation sites (tertiary alicyclic amines) is 1. The van der Waals surface area contributed by atoms with Gasteiger partial charge < -0.3 is 20.3 Å². The number of hydrogen-bond donors (Lipinski definition) is 2. The molecule has 0 bridgehead atoms. The molecular weight excluding hydrogens is 479 g/mol. The second-order valence-electron chi connectivity index (χ2n) is 9.26. The zero-order valence-corrected chi connectivity index (χ0v) is 20.1. The highest BCUT2D eigenvalue weighted by molar-refractivity contribution is 14.0. The molecule has 2 aliphatic carbocycles. The fourth-order valence-electron chi connectivity index (χ4n) is 4.85. The minimum Gasteiger partial charge on any atom is -0.444 e. The molecule has 1 aromatic carbocycles. The molecule has 1 aliphatic heterocycles. The number of carbonyl (C=O) groups is 1. The smallest absolute Gasteiger partial charge is 0.407 e. The van der Waals surface area contributed by atoms with Gasteiger partial charge in [0.25, 0.3) is 0 Å². The molecule has 3 aliphatic rings. The number of benzene rings is 1. The Morgan fingerprint density at radius 2 is 2.07 bits per heavy atom. The molecule has 4 atom stereocenters. The van der Waals surface area contributed by atoms with Crippen molar-refractivity contribution in [3.63, 3.8) is 0 Å². The highest BCUT2D eigenvalue weighted by atomic mass is 127. The van der Waals surface area contributed by atoms with Gasteiger partial charge in [0.15, 0.2) is 5.96 Å². The van der Waals surface area contributed by atoms with Crippen LogP contribution in [0.15, 0.2) is 29.3 Å². The van der Waals surface area contributed by atoms with E-state index in [-0.39, 0.29) is 36.1 Å². The van der Waals surface area contributed by atoms with Gasteiger partial charge in [-0.3, -0.25) is 4.99 Å². The van der Waals surface area contributed by atoms with Crippen LogP contribution >= 0.6 is 24.0 Å². The van der Waals surface area contributed by atoms with Gasteiger partial charge in [0, 0.05) is 26.7 Å². The van der Waals surface area contributed by atoms with E-state index in [1.165, 1.54) is 12.0 Å². The van der Waals surface area contributed by atoms with Gasteiger partial charge in [0.2, 0.25) is 0 Å². The summed E-state index contributed by atoms with van der Waals surface area (Å²) in [6, 6.07) is 8.97. The van der Waals surface area contributed by atoms with Gasteiger partial charge in [-0.15, -0.1) is 24.0 Å². The third-order valence-corrected chi connectivity index (χ3v) is 6.12. The van der Waals surface area contributed by atoms with Gasteiger partial charge in [0.05, 0.1) is 6.04 Å². The average molecular weight is 512 g/mol. The maximum absolute atomic E-state index is 12.0. The fraction of sp³-hybridized carbons (Fsp3) is 0.636. The van der Waals surface area contributed by atoms with Gasteiger partial charge in [-0.25, -0.2) is 4.79 Å². The van der Waals surface area contributed by atoms with E-state index in [4.69, 9.17) is 4.74 Å². The summed E-state index contributed by atoms with van der Waals surface area (Å²) in [7, 11) is 1.83. The molecule has 3 unspecified atom stereocenters. The minimum atomic E-state index is -0.471. The van der Waals surface area contributed by atoms with Crippen molar-refractivity contribution in [1.82, 2.24) is 15.5 Å². The summed E-state index contributed by atoms with van der Waals surface area (Å²) in [6.07, 6.45) is 1.78. The number of alkyl carbamates (subject to hydrolysis) is 1. The number of hydrogen-bond acceptors (Lipinski definition) is 3. The molecule has 1 aromatic rings. The molecule has 1 saturated carbocycles. The van der Waals surface area contributed by atoms with Crippen LogP contribution in [0.25, 0.3) is 0 Å². The SMILES string of the molecule is CN=C(NCC1C2Cc3ccccc3C12)N1CC[C@@H](NC(=O)OC(C)(C)C)C1.I. The number of guanidine groups is 1. The van der Waals surface area contributed by atoms with E-state index in [0.717, 1.165) is 43.9 Å². The molecule has 4 rings (SSSR count). The Morgan fingerprint density at radius 1 is 1.31 bits per heavy atom. The maximum Gasteiger partial charge on any atom is 0.407 e. The van der Waals surface area contributed by atoms with Crippen LogP contribution in [0.5, 0.6) is 0 Å². The predicted molar refractivity (Wildman–Crippen MR) is 126 cm³/mol. The molecule has 2 N–H and O–H groups in total. The first-order valence-electron chi connectivity index (χ1n) is 10.4. The first kappa shape index (κ1) is 22.2. The van der Waals surface area contributed by atoms with Gasteiger partial charge in [-0.1, -0.05) is 24.3 Å². The molecule has 0 radical (unpaired) electrons. The summed E-state index contributed by atoms with van der Waals surface area (Å²) >= 11 is 0. The standard InChI is InChI=1S/C22H32N4O2.HI/c1-22(2,3)28-21(27)25-15-9-10-26(13-15)20(23-4)24-12-18-17-11-14-7-5-6-8-16(14)19(17)18;/h5-8,15,17-19H,9-13H2,1-4H3,(H,23,24)(H,25,27);1H/t15-,17?,18?,19?;/m1./s1. The Hall–Kier alpha value is -1.51. The number of amides is 1. The van der Waals surface area contributed by atoms with Crippen molar-refractivity contribution in [1.29, 1.82) is 0 Å². The Morgan fingerprint density at radius 3 is 2.79 bits per heavy atom. The summed E-state index contributed by atoms with van der Waals surface area (Å²) in [5.41, 5.74) is 2.62. The number of nitrogens with one attached hydrogen (secondary N) is 2. The number of nitrogens with zero attached hydrogens (tertiary/aromatic N) is 2. The molecule has 1 saturated heterocycles. The second kappa shape index (κ2) is 8.70. The summed E-state index contributed by atoms with van der Waals surface area (Å²) in [4.78, 5) is 18.7. The monoisotopic (exact) mass is 512 g/mol. The Bertz CT molecular complexity index is 776. The second-order valence-corrected chi connectivity index (χ2v) is 9.26. The lowest BCUT2D eigenvalue weighted by Gasteiger charge is -2.23. The van der Waals surface area contributed by atoms with Crippen LogP contribution in [0.3, 0.4) is 0 Å². The lowest BCUT2D eigenvalue weighted by atomic mass is 10.0. The van der Waals surface area contributed by atoms with E-state index in [0.29, 0.717) is 5.92 Å². The van der Waals surface area contributed by atoms with Gasteiger partial charge in [0.1, 0.15) is 5.60 Å². The van der Waals surface area contributed by atoms with E-state index < -0.39 is 5.60 Å². The van der Waals surface area contributed by atoms with Crippen LogP contribution in [0.2, 0.25) is 0 Å². The molecule has 0 spiro atoms. The normalized spacial score (nSPS) is 27.6. The molecule has 2 fully saturated rings. The number of rotatable bonds is 3. The predicted octanol–water partition coefficient (Wildman–Crippen LogP) is 3.36. The molecule has 0 aromatic heterocycles. The lowest BCUT2D eigenvalue weighted by Crippen LogP contribution is -2.44. The summed E-state index contributed by atoms with van der Waals surface area (Å²) in [5.74, 6) is 3.17. The zero-order valence-electron chi connectivity index (χ0n) is 17.8. The molecular formula is C22H33IN4O2. The van der Waals surface area contributed by atoms with Crippen LogP contribution < -0.4 is 10.6 Å². The number of ether oxygens (including phenoxy) is 1. The Labute approximate surface area is 190 Å². The minimum absolute atomic E-state index is 0. The Balaban J connectivity index is 0.00000240. The summed E-state index contributed by atoms with van der Waals surface area (Å²) in [5, 5.41) is 6.56. The highest BCUT2D eigenvalue weighted by Crippen LogP contribution is 2.60. The van der Waals surface area contributed by atoms with Crippen molar-refractivity contribution < 1.29 is 9.53 Å². The molecule has 7 heteroatoms. The van der Waals surface area contributed by atoms with E-state index in [9.17, 15) is 4.79 Å². The van der Waals surface area contributed by atoms with E-state index in [1.807, 2.05) is 27.8 Å². The average Bonchev–Trinajstić information content (AvgIpc) is 2.95. The van der Waals surface area contributed by atoms with Crippen LogP contribution in [-0.4, -0.2) is 55.3 Å². The lowest BCUT2D eigenvalue weighted by molar-refractivity contribution is 0.0507. The number of fused-ring (bicyclic) bond motifs is 3. The van der Waals surface area contributed by atoms with E-state index in [2.05, 4.69) is 44.8 Å². The van der Waals surface area contributed by atoms with Crippen molar-refractivity contribution in [3.05, 3.63) is 35.4 Å². The molecule has 160 valence electrons. The summed E-state index contributed by atoms with van der Waals surface area (Å²) in [6.45, 7) is 8.26. The van der Waals surface area contributed by atoms with Crippen LogP contribution in [-0.2, 0) is 11.2 Å². The molecule has 29 heavy (non-hydrogen) atoms. The van der Waals surface area contributed by atoms with Crippen molar-refractivity contribution in [2.24, 2.45) is 16.8 Å². The first-order valence-corrected chi connectivity index (χ1v) is 10.4. The number of aliphatic imine (C=N–C) groups is 1. The first-order chi connectivity index (χ1) is 13.4. The van der Waals surface area contributed by atoms with Gasteiger partial charge in [-0.05, 0) is 62.5 Å². The van der Waals surface area contributed by atoms with Crippen molar-refractivity contribution >= 4 is 36.0 Å². The molecule has 1 amide bonds. The van der Waals surface area contributed by atoms with E-state index >= 15 is 0 Å². The van der Waals surface area contributed by atoms with Crippen LogP contribution in [0.4, 0.5) is 4.79 Å².